The fraction of sp³-hybridized carbons (Fsp3) is 0.500. The molecule has 1 aromatic rings. The summed E-state index contributed by atoms with van der Waals surface area (Å²) in [5.74, 6) is 0.154. The molecule has 4 heteroatoms. The van der Waals surface area contributed by atoms with Crippen molar-refractivity contribution in [3.05, 3.63) is 35.6 Å². The van der Waals surface area contributed by atoms with Crippen LogP contribution in [-0.2, 0) is 0 Å². The number of hydrogen-bond donors (Lipinski definition) is 2. The minimum absolute atomic E-state index is 0.183. The van der Waals surface area contributed by atoms with Crippen LogP contribution in [0.5, 0.6) is 0 Å². The first-order chi connectivity index (χ1) is 7.70. The number of aliphatic hydroxyl groups is 1. The number of rotatable bonds is 3. The van der Waals surface area contributed by atoms with Crippen LogP contribution in [0.3, 0.4) is 0 Å². The molecule has 1 aliphatic heterocycles. The molecular weight excluding hydrogens is 207 g/mol. The Morgan fingerprint density at radius 3 is 2.62 bits per heavy atom. The number of benzene rings is 1. The lowest BCUT2D eigenvalue weighted by atomic mass is 9.95. The van der Waals surface area contributed by atoms with Crippen LogP contribution in [-0.4, -0.2) is 42.3 Å². The third-order valence-electron chi connectivity index (χ3n) is 3.23. The molecule has 0 aliphatic carbocycles. The van der Waals surface area contributed by atoms with Gasteiger partial charge in [-0.1, -0.05) is 12.1 Å². The van der Waals surface area contributed by atoms with Crippen molar-refractivity contribution in [2.45, 2.75) is 12.0 Å². The van der Waals surface area contributed by atoms with Crippen LogP contribution >= 0.6 is 0 Å². The lowest BCUT2D eigenvalue weighted by molar-refractivity contribution is -0.418. The molecule has 1 aromatic carbocycles. The van der Waals surface area contributed by atoms with Crippen molar-refractivity contribution < 1.29 is 15.2 Å². The highest BCUT2D eigenvalue weighted by molar-refractivity contribution is 5.23. The zero-order valence-electron chi connectivity index (χ0n) is 9.27. The average Bonchev–Trinajstić information content (AvgIpc) is 2.61. The molecule has 88 valence electrons. The van der Waals surface area contributed by atoms with E-state index in [4.69, 9.17) is 5.11 Å². The molecule has 16 heavy (non-hydrogen) atoms. The van der Waals surface area contributed by atoms with Crippen LogP contribution in [0.2, 0.25) is 0 Å². The fourth-order valence-electron chi connectivity index (χ4n) is 2.37. The van der Waals surface area contributed by atoms with Crippen molar-refractivity contribution in [2.24, 2.45) is 0 Å². The number of aliphatic hydroxyl groups excluding tert-OH is 1. The van der Waals surface area contributed by atoms with Crippen molar-refractivity contribution in [3.63, 3.8) is 0 Å². The van der Waals surface area contributed by atoms with E-state index < -0.39 is 0 Å². The first kappa shape index (κ1) is 11.5. The lowest BCUT2D eigenvalue weighted by Crippen LogP contribution is -2.64. The van der Waals surface area contributed by atoms with E-state index in [-0.39, 0.29) is 12.4 Å². The number of halogens is 1. The van der Waals surface area contributed by atoms with Crippen LogP contribution in [0.15, 0.2) is 24.3 Å². The van der Waals surface area contributed by atoms with Crippen LogP contribution < -0.4 is 5.73 Å². The Bertz CT molecular complexity index is 341. The fourth-order valence-corrected chi connectivity index (χ4v) is 2.37. The van der Waals surface area contributed by atoms with Crippen molar-refractivity contribution >= 4 is 0 Å². The molecular formula is C12H18FN2O+. The highest BCUT2D eigenvalue weighted by Crippen LogP contribution is 2.25. The number of nitrogens with zero attached hydrogens (tertiary/aromatic N) is 1. The smallest absolute Gasteiger partial charge is 0.123 e. The molecule has 1 fully saturated rings. The summed E-state index contributed by atoms with van der Waals surface area (Å²) < 4.78 is 12.8. The highest BCUT2D eigenvalue weighted by Gasteiger charge is 2.33. The van der Waals surface area contributed by atoms with E-state index in [2.05, 4.69) is 10.6 Å². The summed E-state index contributed by atoms with van der Waals surface area (Å²) in [7, 11) is 0. The van der Waals surface area contributed by atoms with Crippen molar-refractivity contribution in [2.75, 3.05) is 26.2 Å². The minimum atomic E-state index is -0.199. The number of likely N-dealkylation sites (tertiary alicyclic amines) is 1. The first-order valence-electron chi connectivity index (χ1n) is 5.62. The van der Waals surface area contributed by atoms with E-state index in [1.807, 2.05) is 12.1 Å². The molecule has 1 aliphatic rings. The topological polar surface area (TPSA) is 51.1 Å². The summed E-state index contributed by atoms with van der Waals surface area (Å²) in [6, 6.07) is 6.98. The molecule has 0 spiro atoms. The van der Waals surface area contributed by atoms with Crippen LogP contribution in [0.1, 0.15) is 11.5 Å². The SMILES string of the molecule is [NH3+]C1CN(CCO)CC1c1ccc(F)cc1. The number of β-amino-alcohol motifs (C(OH)–C–C–N with tert-alkyl or cyclic N) is 1. The molecule has 0 aromatic heterocycles. The lowest BCUT2D eigenvalue weighted by Gasteiger charge is -2.13. The Hall–Kier alpha value is -0.970. The third-order valence-corrected chi connectivity index (χ3v) is 3.23. The molecule has 4 N–H and O–H groups in total. The molecule has 0 radical (unpaired) electrons. The van der Waals surface area contributed by atoms with Gasteiger partial charge in [0.2, 0.25) is 0 Å². The normalized spacial score (nSPS) is 26.2. The van der Waals surface area contributed by atoms with Gasteiger partial charge >= 0.3 is 0 Å². The van der Waals surface area contributed by atoms with Gasteiger partial charge in [0.05, 0.1) is 13.2 Å². The van der Waals surface area contributed by atoms with Crippen LogP contribution in [0, 0.1) is 5.82 Å². The second-order valence-electron chi connectivity index (χ2n) is 4.40. The Labute approximate surface area is 94.7 Å². The largest absolute Gasteiger partial charge is 0.395 e. The van der Waals surface area contributed by atoms with E-state index in [9.17, 15) is 4.39 Å². The molecule has 3 nitrogen and oxygen atoms in total. The number of hydrogen-bond acceptors (Lipinski definition) is 2. The predicted molar refractivity (Wildman–Crippen MR) is 59.3 cm³/mol. The molecule has 2 atom stereocenters. The first-order valence-corrected chi connectivity index (χ1v) is 5.62. The van der Waals surface area contributed by atoms with Crippen molar-refractivity contribution in [1.82, 2.24) is 4.90 Å². The second-order valence-corrected chi connectivity index (χ2v) is 4.40. The summed E-state index contributed by atoms with van der Waals surface area (Å²) in [6.45, 7) is 2.69. The summed E-state index contributed by atoms with van der Waals surface area (Å²) in [4.78, 5) is 2.20. The average molecular weight is 225 g/mol. The van der Waals surface area contributed by atoms with Crippen LogP contribution in [0.4, 0.5) is 4.39 Å². The van der Waals surface area contributed by atoms with Gasteiger partial charge in [0.25, 0.3) is 0 Å². The Kier molecular flexibility index (Phi) is 3.53. The Morgan fingerprint density at radius 1 is 1.31 bits per heavy atom. The Balaban J connectivity index is 2.07. The summed E-state index contributed by atoms with van der Waals surface area (Å²) >= 11 is 0. The standard InChI is InChI=1S/C12H17FN2O/c13-10-3-1-9(2-4-10)11-7-15(5-6-16)8-12(11)14/h1-4,11-12,16H,5-8,14H2/p+1. The molecule has 1 saturated heterocycles. The maximum absolute atomic E-state index is 12.8. The van der Waals surface area contributed by atoms with Gasteiger partial charge in [-0.15, -0.1) is 0 Å². The van der Waals surface area contributed by atoms with Gasteiger partial charge in [-0.3, -0.25) is 4.90 Å². The number of quaternary nitrogens is 1. The van der Waals surface area contributed by atoms with E-state index in [1.54, 1.807) is 0 Å². The zero-order chi connectivity index (χ0) is 11.5. The van der Waals surface area contributed by atoms with E-state index in [1.165, 1.54) is 12.1 Å². The van der Waals surface area contributed by atoms with Gasteiger partial charge in [0.15, 0.2) is 0 Å². The van der Waals surface area contributed by atoms with E-state index >= 15 is 0 Å². The maximum Gasteiger partial charge on any atom is 0.123 e. The van der Waals surface area contributed by atoms with Crippen LogP contribution in [0.25, 0.3) is 0 Å². The molecule has 0 saturated carbocycles. The summed E-state index contributed by atoms with van der Waals surface area (Å²) in [5.41, 5.74) is 5.27. The second kappa shape index (κ2) is 4.91. The molecule has 0 bridgehead atoms. The molecule has 2 rings (SSSR count). The maximum atomic E-state index is 12.8. The predicted octanol–water partition coefficient (Wildman–Crippen LogP) is -0.172. The summed E-state index contributed by atoms with van der Waals surface area (Å²) in [5, 5.41) is 8.89. The molecule has 1 heterocycles. The van der Waals surface area contributed by atoms with Crippen molar-refractivity contribution in [1.29, 1.82) is 0 Å². The molecule has 2 unspecified atom stereocenters. The van der Waals surface area contributed by atoms with E-state index in [0.29, 0.717) is 18.5 Å². The molecule has 0 amide bonds. The van der Waals surface area contributed by atoms with Gasteiger partial charge in [-0.2, -0.15) is 0 Å². The van der Waals surface area contributed by atoms with Gasteiger partial charge in [-0.25, -0.2) is 4.39 Å². The monoisotopic (exact) mass is 225 g/mol. The van der Waals surface area contributed by atoms with Gasteiger partial charge in [-0.05, 0) is 17.7 Å². The minimum Gasteiger partial charge on any atom is -0.395 e. The van der Waals surface area contributed by atoms with Gasteiger partial charge in [0, 0.05) is 19.0 Å². The highest BCUT2D eigenvalue weighted by atomic mass is 19.1. The third kappa shape index (κ3) is 2.40. The quantitative estimate of drug-likeness (QED) is 0.750. The van der Waals surface area contributed by atoms with Gasteiger partial charge in [0.1, 0.15) is 11.9 Å². The zero-order valence-corrected chi connectivity index (χ0v) is 9.27. The van der Waals surface area contributed by atoms with Crippen molar-refractivity contribution in [3.8, 4) is 0 Å². The van der Waals surface area contributed by atoms with Gasteiger partial charge < -0.3 is 10.8 Å². The Morgan fingerprint density at radius 2 is 2.00 bits per heavy atom. The van der Waals surface area contributed by atoms with E-state index in [0.717, 1.165) is 18.7 Å². The summed E-state index contributed by atoms with van der Waals surface area (Å²) in [6.07, 6.45) is 0.